The SMILES string of the molecule is CC1CCC2C=C(O)OC2C1. The van der Waals surface area contributed by atoms with Crippen molar-refractivity contribution < 1.29 is 9.84 Å². The third-order valence-corrected chi connectivity index (χ3v) is 2.73. The van der Waals surface area contributed by atoms with E-state index < -0.39 is 0 Å². The third-order valence-electron chi connectivity index (χ3n) is 2.73. The zero-order valence-corrected chi connectivity index (χ0v) is 6.79. The predicted octanol–water partition coefficient (Wildman–Crippen LogP) is 2.22. The lowest BCUT2D eigenvalue weighted by Crippen LogP contribution is -2.25. The second kappa shape index (κ2) is 2.43. The molecule has 1 fully saturated rings. The van der Waals surface area contributed by atoms with Crippen LogP contribution in [0.25, 0.3) is 0 Å². The summed E-state index contributed by atoms with van der Waals surface area (Å²) in [7, 11) is 0. The molecule has 0 bridgehead atoms. The molecule has 3 unspecified atom stereocenters. The second-order valence-corrected chi connectivity index (χ2v) is 3.74. The molecule has 3 atom stereocenters. The summed E-state index contributed by atoms with van der Waals surface area (Å²) in [6.45, 7) is 2.24. The number of ether oxygens (including phenoxy) is 1. The van der Waals surface area contributed by atoms with Gasteiger partial charge < -0.3 is 9.84 Å². The first kappa shape index (κ1) is 7.01. The molecule has 0 spiro atoms. The van der Waals surface area contributed by atoms with E-state index in [1.807, 2.05) is 6.08 Å². The van der Waals surface area contributed by atoms with Gasteiger partial charge in [0.05, 0.1) is 0 Å². The molecule has 2 rings (SSSR count). The van der Waals surface area contributed by atoms with Gasteiger partial charge in [0.2, 0.25) is 0 Å². The molecule has 2 nitrogen and oxygen atoms in total. The highest BCUT2D eigenvalue weighted by Gasteiger charge is 2.33. The van der Waals surface area contributed by atoms with E-state index in [4.69, 9.17) is 9.84 Å². The van der Waals surface area contributed by atoms with Gasteiger partial charge in [-0.15, -0.1) is 0 Å². The van der Waals surface area contributed by atoms with E-state index in [1.54, 1.807) is 0 Å². The van der Waals surface area contributed by atoms with E-state index in [1.165, 1.54) is 12.8 Å². The number of aliphatic hydroxyl groups excluding tert-OH is 1. The van der Waals surface area contributed by atoms with E-state index in [2.05, 4.69) is 6.92 Å². The van der Waals surface area contributed by atoms with Crippen LogP contribution in [0.5, 0.6) is 0 Å². The van der Waals surface area contributed by atoms with E-state index in [0.29, 0.717) is 5.92 Å². The van der Waals surface area contributed by atoms with Gasteiger partial charge in [-0.1, -0.05) is 6.92 Å². The van der Waals surface area contributed by atoms with E-state index in [9.17, 15) is 0 Å². The molecule has 0 aromatic rings. The van der Waals surface area contributed by atoms with Crippen LogP contribution in [0.4, 0.5) is 0 Å². The summed E-state index contributed by atoms with van der Waals surface area (Å²) in [5.41, 5.74) is 0. The Hall–Kier alpha value is -0.660. The standard InChI is InChI=1S/C9H14O2/c1-6-2-3-7-5-9(10)11-8(7)4-6/h5-8,10H,2-4H2,1H3. The first-order chi connectivity index (χ1) is 5.25. The average Bonchev–Trinajstić information content (AvgIpc) is 2.27. The van der Waals surface area contributed by atoms with E-state index in [0.717, 1.165) is 12.3 Å². The van der Waals surface area contributed by atoms with Gasteiger partial charge in [-0.05, 0) is 25.2 Å². The second-order valence-electron chi connectivity index (χ2n) is 3.74. The summed E-state index contributed by atoms with van der Waals surface area (Å²) >= 11 is 0. The molecule has 62 valence electrons. The highest BCUT2D eigenvalue weighted by Crippen LogP contribution is 2.36. The zero-order chi connectivity index (χ0) is 7.84. The molecular weight excluding hydrogens is 140 g/mol. The van der Waals surface area contributed by atoms with E-state index in [-0.39, 0.29) is 12.0 Å². The molecule has 1 heterocycles. The normalized spacial score (nSPS) is 42.6. The van der Waals surface area contributed by atoms with Crippen molar-refractivity contribution in [3.63, 3.8) is 0 Å². The summed E-state index contributed by atoms with van der Waals surface area (Å²) in [5.74, 6) is 1.40. The molecule has 1 aliphatic heterocycles. The van der Waals surface area contributed by atoms with Gasteiger partial charge in [0.1, 0.15) is 6.10 Å². The van der Waals surface area contributed by atoms with Crippen LogP contribution in [0, 0.1) is 11.8 Å². The van der Waals surface area contributed by atoms with Crippen molar-refractivity contribution in [2.75, 3.05) is 0 Å². The number of rotatable bonds is 0. The van der Waals surface area contributed by atoms with Crippen molar-refractivity contribution in [3.05, 3.63) is 12.0 Å². The van der Waals surface area contributed by atoms with Crippen LogP contribution < -0.4 is 0 Å². The number of aliphatic hydroxyl groups is 1. The quantitative estimate of drug-likeness (QED) is 0.579. The van der Waals surface area contributed by atoms with Gasteiger partial charge in [0.25, 0.3) is 5.95 Å². The van der Waals surface area contributed by atoms with Crippen molar-refractivity contribution in [2.45, 2.75) is 32.3 Å². The lowest BCUT2D eigenvalue weighted by Gasteiger charge is -2.27. The topological polar surface area (TPSA) is 29.5 Å². The van der Waals surface area contributed by atoms with Gasteiger partial charge >= 0.3 is 0 Å². The summed E-state index contributed by atoms with van der Waals surface area (Å²) < 4.78 is 5.25. The van der Waals surface area contributed by atoms with Crippen molar-refractivity contribution in [3.8, 4) is 0 Å². The molecular formula is C9H14O2. The minimum absolute atomic E-state index is 0.147. The Morgan fingerprint density at radius 3 is 3.18 bits per heavy atom. The molecule has 11 heavy (non-hydrogen) atoms. The zero-order valence-electron chi connectivity index (χ0n) is 6.79. The maximum absolute atomic E-state index is 9.09. The van der Waals surface area contributed by atoms with Gasteiger partial charge in [0, 0.05) is 12.0 Å². The van der Waals surface area contributed by atoms with Crippen molar-refractivity contribution in [1.82, 2.24) is 0 Å². The molecule has 1 saturated carbocycles. The fourth-order valence-electron chi connectivity index (χ4n) is 2.06. The summed E-state index contributed by atoms with van der Waals surface area (Å²) in [4.78, 5) is 0. The Labute approximate surface area is 66.9 Å². The number of fused-ring (bicyclic) bond motifs is 1. The molecule has 1 N–H and O–H groups in total. The molecule has 2 aliphatic rings. The van der Waals surface area contributed by atoms with Crippen LogP contribution >= 0.6 is 0 Å². The maximum Gasteiger partial charge on any atom is 0.273 e. The largest absolute Gasteiger partial charge is 0.481 e. The monoisotopic (exact) mass is 154 g/mol. The molecule has 1 aliphatic carbocycles. The minimum Gasteiger partial charge on any atom is -0.481 e. The fourth-order valence-corrected chi connectivity index (χ4v) is 2.06. The van der Waals surface area contributed by atoms with Crippen LogP contribution in [0.2, 0.25) is 0 Å². The highest BCUT2D eigenvalue weighted by molar-refractivity contribution is 5.02. The highest BCUT2D eigenvalue weighted by atomic mass is 16.6. The lowest BCUT2D eigenvalue weighted by molar-refractivity contribution is 0.0125. The fraction of sp³-hybridized carbons (Fsp3) is 0.778. The molecule has 2 heteroatoms. The van der Waals surface area contributed by atoms with Crippen molar-refractivity contribution in [2.24, 2.45) is 11.8 Å². The maximum atomic E-state index is 9.09. The Morgan fingerprint density at radius 1 is 1.55 bits per heavy atom. The Morgan fingerprint density at radius 2 is 2.36 bits per heavy atom. The Balaban J connectivity index is 2.03. The first-order valence-corrected chi connectivity index (χ1v) is 4.33. The summed E-state index contributed by atoms with van der Waals surface area (Å²) in [6, 6.07) is 0. The van der Waals surface area contributed by atoms with E-state index >= 15 is 0 Å². The van der Waals surface area contributed by atoms with Gasteiger partial charge in [-0.2, -0.15) is 0 Å². The van der Waals surface area contributed by atoms with Crippen LogP contribution in [0.15, 0.2) is 12.0 Å². The Bertz CT molecular complexity index is 186. The lowest BCUT2D eigenvalue weighted by atomic mass is 9.81. The molecule has 0 amide bonds. The predicted molar refractivity (Wildman–Crippen MR) is 42.1 cm³/mol. The van der Waals surface area contributed by atoms with Gasteiger partial charge in [-0.25, -0.2) is 0 Å². The van der Waals surface area contributed by atoms with Crippen LogP contribution in [0.3, 0.4) is 0 Å². The van der Waals surface area contributed by atoms with Crippen molar-refractivity contribution in [1.29, 1.82) is 0 Å². The minimum atomic E-state index is 0.147. The smallest absolute Gasteiger partial charge is 0.273 e. The molecule has 0 aromatic carbocycles. The molecule has 0 radical (unpaired) electrons. The van der Waals surface area contributed by atoms with Gasteiger partial charge in [0.15, 0.2) is 0 Å². The van der Waals surface area contributed by atoms with Gasteiger partial charge in [-0.3, -0.25) is 0 Å². The number of hydrogen-bond acceptors (Lipinski definition) is 2. The van der Waals surface area contributed by atoms with Crippen molar-refractivity contribution >= 4 is 0 Å². The Kier molecular flexibility index (Phi) is 1.55. The molecule has 0 saturated heterocycles. The third kappa shape index (κ3) is 1.22. The summed E-state index contributed by atoms with van der Waals surface area (Å²) in [6.07, 6.45) is 5.69. The molecule has 0 aromatic heterocycles. The first-order valence-electron chi connectivity index (χ1n) is 4.33. The average molecular weight is 154 g/mol. The van der Waals surface area contributed by atoms with Crippen LogP contribution in [-0.4, -0.2) is 11.2 Å². The van der Waals surface area contributed by atoms with Crippen LogP contribution in [-0.2, 0) is 4.74 Å². The summed E-state index contributed by atoms with van der Waals surface area (Å²) in [5, 5.41) is 9.09. The van der Waals surface area contributed by atoms with Crippen LogP contribution in [0.1, 0.15) is 26.2 Å². The number of hydrogen-bond donors (Lipinski definition) is 1.